The zero-order valence-electron chi connectivity index (χ0n) is 6.70. The molecule has 98 valence electrons. The maximum atomic E-state index is 12.4. The third-order valence-corrected chi connectivity index (χ3v) is 2.06. The van der Waals surface area contributed by atoms with Crippen LogP contribution in [0.2, 0.25) is 0 Å². The van der Waals surface area contributed by atoms with Crippen LogP contribution in [0.4, 0.5) is 35.1 Å². The van der Waals surface area contributed by atoms with E-state index in [1.165, 1.54) is 0 Å². The smallest absolute Gasteiger partial charge is 0.396 e. The molecule has 0 spiro atoms. The van der Waals surface area contributed by atoms with Gasteiger partial charge >= 0.3 is 34.8 Å². The van der Waals surface area contributed by atoms with Gasteiger partial charge in [-0.05, 0) is 0 Å². The van der Waals surface area contributed by atoms with Gasteiger partial charge in [0.05, 0.1) is 0 Å². The summed E-state index contributed by atoms with van der Waals surface area (Å²) in [4.78, 5) is 0. The Morgan fingerprint density at radius 3 is 1.56 bits per heavy atom. The molecule has 0 aromatic rings. The van der Waals surface area contributed by atoms with Gasteiger partial charge in [-0.15, -0.1) is 11.6 Å². The molecule has 1 aliphatic carbocycles. The monoisotopic (exact) mass is 322 g/mol. The van der Waals surface area contributed by atoms with Crippen LogP contribution in [-0.4, -0.2) is 23.7 Å². The minimum atomic E-state index is -6.27. The molecule has 1 aliphatic rings. The predicted octanol–water partition coefficient (Wildman–Crippen LogP) is 3.46. The average Bonchev–Trinajstić information content (AvgIpc) is 2.00. The first-order chi connectivity index (χ1) is 6.38. The standard InChI is InChI=1S/C6ClF8.Cu/c7-2-1-3(8,9)5(12,13)6(14,15)4(2,10)11;/q-1;+1. The fourth-order valence-corrected chi connectivity index (χ4v) is 1.06. The van der Waals surface area contributed by atoms with E-state index in [4.69, 9.17) is 0 Å². The Kier molecular flexibility index (Phi) is 3.74. The molecule has 10 heteroatoms. The normalized spacial score (nSPS) is 28.9. The molecule has 0 amide bonds. The van der Waals surface area contributed by atoms with Gasteiger partial charge in [0, 0.05) is 0 Å². The number of hydrogen-bond acceptors (Lipinski definition) is 0. The van der Waals surface area contributed by atoms with E-state index in [2.05, 4.69) is 11.6 Å². The molecule has 0 saturated carbocycles. The van der Waals surface area contributed by atoms with Crippen molar-refractivity contribution in [1.82, 2.24) is 0 Å². The molecular formula is C6ClCuF8. The second-order valence-electron chi connectivity index (χ2n) is 2.74. The predicted molar refractivity (Wildman–Crippen MR) is 32.4 cm³/mol. The van der Waals surface area contributed by atoms with E-state index in [0.29, 0.717) is 0 Å². The van der Waals surface area contributed by atoms with E-state index >= 15 is 0 Å². The molecule has 0 heterocycles. The van der Waals surface area contributed by atoms with Gasteiger partial charge in [0.15, 0.2) is 5.92 Å². The van der Waals surface area contributed by atoms with Crippen LogP contribution in [-0.2, 0) is 17.1 Å². The van der Waals surface area contributed by atoms with E-state index in [-0.39, 0.29) is 23.1 Å². The Morgan fingerprint density at radius 2 is 1.19 bits per heavy atom. The van der Waals surface area contributed by atoms with Crippen LogP contribution < -0.4 is 0 Å². The van der Waals surface area contributed by atoms with E-state index in [9.17, 15) is 35.1 Å². The molecule has 0 aromatic carbocycles. The molecule has 0 radical (unpaired) electrons. The summed E-state index contributed by atoms with van der Waals surface area (Å²) in [6, 6.07) is 0. The minimum Gasteiger partial charge on any atom is -0.396 e. The van der Waals surface area contributed by atoms with Crippen molar-refractivity contribution in [2.45, 2.75) is 23.7 Å². The van der Waals surface area contributed by atoms with Gasteiger partial charge in [0.25, 0.3) is 0 Å². The first-order valence-electron chi connectivity index (χ1n) is 3.20. The second kappa shape index (κ2) is 3.74. The molecule has 0 bridgehead atoms. The van der Waals surface area contributed by atoms with Crippen molar-refractivity contribution in [3.8, 4) is 0 Å². The Bertz CT molecular complexity index is 322. The van der Waals surface area contributed by atoms with Crippen LogP contribution in [0.15, 0.2) is 5.03 Å². The van der Waals surface area contributed by atoms with Crippen LogP contribution in [0.3, 0.4) is 0 Å². The van der Waals surface area contributed by atoms with Crippen molar-refractivity contribution in [2.24, 2.45) is 0 Å². The summed E-state index contributed by atoms with van der Waals surface area (Å²) in [5, 5.41) is -2.43. The van der Waals surface area contributed by atoms with Crippen LogP contribution in [0.25, 0.3) is 0 Å². The van der Waals surface area contributed by atoms with Crippen LogP contribution in [0, 0.1) is 6.08 Å². The summed E-state index contributed by atoms with van der Waals surface area (Å²) < 4.78 is 98.8. The fraction of sp³-hybridized carbons (Fsp3) is 0.667. The van der Waals surface area contributed by atoms with E-state index < -0.39 is 28.7 Å². The Morgan fingerprint density at radius 1 is 0.812 bits per heavy atom. The average molecular weight is 323 g/mol. The fourth-order valence-electron chi connectivity index (χ4n) is 0.827. The van der Waals surface area contributed by atoms with Crippen molar-refractivity contribution >= 4 is 11.6 Å². The number of alkyl halides is 8. The largest absolute Gasteiger partial charge is 1.00 e. The van der Waals surface area contributed by atoms with Gasteiger partial charge in [0.2, 0.25) is 0 Å². The van der Waals surface area contributed by atoms with Gasteiger partial charge in [-0.3, -0.25) is 0 Å². The van der Waals surface area contributed by atoms with Gasteiger partial charge < -0.3 is 6.08 Å². The number of rotatable bonds is 0. The molecule has 0 saturated heterocycles. The van der Waals surface area contributed by atoms with Crippen molar-refractivity contribution < 1.29 is 52.2 Å². The molecule has 0 nitrogen and oxygen atoms in total. The number of allylic oxidation sites excluding steroid dienone is 2. The van der Waals surface area contributed by atoms with E-state index in [1.54, 1.807) is 0 Å². The summed E-state index contributed by atoms with van der Waals surface area (Å²) >= 11 is 4.37. The third kappa shape index (κ3) is 1.64. The summed E-state index contributed by atoms with van der Waals surface area (Å²) in [7, 11) is 0. The molecule has 0 fully saturated rings. The maximum absolute atomic E-state index is 12.4. The van der Waals surface area contributed by atoms with Crippen LogP contribution in [0.5, 0.6) is 0 Å². The van der Waals surface area contributed by atoms with Crippen molar-refractivity contribution in [1.29, 1.82) is 0 Å². The molecule has 1 rings (SSSR count). The van der Waals surface area contributed by atoms with Crippen molar-refractivity contribution in [2.75, 3.05) is 0 Å². The minimum absolute atomic E-state index is 0. The summed E-state index contributed by atoms with van der Waals surface area (Å²) in [6.45, 7) is 0. The molecule has 0 N–H and O–H groups in total. The maximum Gasteiger partial charge on any atom is 1.00 e. The van der Waals surface area contributed by atoms with Crippen LogP contribution >= 0.6 is 11.6 Å². The van der Waals surface area contributed by atoms with Crippen molar-refractivity contribution in [3.63, 3.8) is 0 Å². The first-order valence-corrected chi connectivity index (χ1v) is 3.58. The third-order valence-electron chi connectivity index (χ3n) is 1.73. The van der Waals surface area contributed by atoms with Gasteiger partial charge in [-0.1, -0.05) is 5.03 Å². The molecule has 0 atom stereocenters. The Labute approximate surface area is 99.1 Å². The van der Waals surface area contributed by atoms with E-state index in [1.807, 2.05) is 0 Å². The van der Waals surface area contributed by atoms with Crippen molar-refractivity contribution in [3.05, 3.63) is 11.1 Å². The molecular weight excluding hydrogens is 323 g/mol. The summed E-state index contributed by atoms with van der Waals surface area (Å²) in [5.74, 6) is -23.6. The topological polar surface area (TPSA) is 0 Å². The quantitative estimate of drug-likeness (QED) is 0.364. The molecule has 0 aromatic heterocycles. The summed E-state index contributed by atoms with van der Waals surface area (Å²) in [6.07, 6.45) is 0.161. The Hall–Kier alpha value is -0.0105. The zero-order chi connectivity index (χ0) is 12.3. The zero-order valence-corrected chi connectivity index (χ0v) is 8.40. The van der Waals surface area contributed by atoms with Gasteiger partial charge in [-0.25, -0.2) is 8.78 Å². The SMILES string of the molecule is FC1(F)[C-]=C(Cl)C(F)(F)C(F)(F)C1(F)F.[Cu+]. The van der Waals surface area contributed by atoms with Crippen LogP contribution in [0.1, 0.15) is 0 Å². The van der Waals surface area contributed by atoms with E-state index in [0.717, 1.165) is 0 Å². The number of halogens is 9. The molecule has 16 heavy (non-hydrogen) atoms. The number of hydrogen-bond donors (Lipinski definition) is 0. The summed E-state index contributed by atoms with van der Waals surface area (Å²) in [5.41, 5.74) is 0. The van der Waals surface area contributed by atoms with Gasteiger partial charge in [-0.2, -0.15) is 26.3 Å². The first kappa shape index (κ1) is 16.0. The molecule has 0 unspecified atom stereocenters. The molecule has 0 aliphatic heterocycles. The second-order valence-corrected chi connectivity index (χ2v) is 3.11. The Balaban J connectivity index is 0.00000225. The van der Waals surface area contributed by atoms with Gasteiger partial charge in [0.1, 0.15) is 0 Å².